The highest BCUT2D eigenvalue weighted by Crippen LogP contribution is 2.44. The Kier molecular flexibility index (Phi) is 5.07. The number of nitrogens with zero attached hydrogens (tertiary/aromatic N) is 1. The molecule has 1 aliphatic heterocycles. The predicted octanol–water partition coefficient (Wildman–Crippen LogP) is 4.51. The van der Waals surface area contributed by atoms with Gasteiger partial charge in [0.25, 0.3) is 0 Å². The van der Waals surface area contributed by atoms with Crippen LogP contribution in [0.3, 0.4) is 0 Å². The van der Waals surface area contributed by atoms with Gasteiger partial charge in [-0.2, -0.15) is 0 Å². The number of carbonyl (C=O) groups excluding carboxylic acids is 1. The Morgan fingerprint density at radius 3 is 2.25 bits per heavy atom. The molecule has 2 aromatic carbocycles. The summed E-state index contributed by atoms with van der Waals surface area (Å²) in [5.41, 5.74) is 4.78. The van der Waals surface area contributed by atoms with Crippen molar-refractivity contribution in [3.63, 3.8) is 0 Å². The van der Waals surface area contributed by atoms with Crippen LogP contribution in [-0.2, 0) is 9.53 Å². The number of piperidine rings is 1. The number of ether oxygens (including phenoxy) is 1. The summed E-state index contributed by atoms with van der Waals surface area (Å²) in [5.74, 6) is -1.11. The van der Waals surface area contributed by atoms with Crippen molar-refractivity contribution in [3.05, 3.63) is 59.7 Å². The molecule has 5 nitrogen and oxygen atoms in total. The molecule has 4 rings (SSSR count). The molecule has 0 bridgehead atoms. The van der Waals surface area contributed by atoms with E-state index in [0.29, 0.717) is 26.0 Å². The lowest BCUT2D eigenvalue weighted by molar-refractivity contribution is -0.144. The summed E-state index contributed by atoms with van der Waals surface area (Å²) in [4.78, 5) is 25.8. The van der Waals surface area contributed by atoms with Gasteiger partial charge in [-0.15, -0.1) is 0 Å². The molecule has 1 fully saturated rings. The third-order valence-corrected chi connectivity index (χ3v) is 6.11. The zero-order valence-corrected chi connectivity index (χ0v) is 16.0. The number of carbonyl (C=O) groups is 2. The van der Waals surface area contributed by atoms with Crippen LogP contribution in [0.1, 0.15) is 43.2 Å². The molecule has 0 radical (unpaired) electrons. The molecule has 0 unspecified atom stereocenters. The van der Waals surface area contributed by atoms with Gasteiger partial charge in [0.15, 0.2) is 0 Å². The molecule has 1 heterocycles. The SMILES string of the molecule is CC[C@@H]1C[C@H](C(=O)O)CCN1C(=O)OCC1c2ccccc2-c2ccccc21. The van der Waals surface area contributed by atoms with E-state index >= 15 is 0 Å². The molecule has 0 saturated carbocycles. The maximum Gasteiger partial charge on any atom is 0.410 e. The molecule has 1 N–H and O–H groups in total. The molecular weight excluding hydrogens is 354 g/mol. The van der Waals surface area contributed by atoms with Gasteiger partial charge in [-0.05, 0) is 41.5 Å². The molecule has 146 valence electrons. The van der Waals surface area contributed by atoms with Crippen molar-refractivity contribution in [2.24, 2.45) is 5.92 Å². The summed E-state index contributed by atoms with van der Waals surface area (Å²) in [6.07, 6.45) is 1.37. The Morgan fingerprint density at radius 1 is 1.07 bits per heavy atom. The van der Waals surface area contributed by atoms with Crippen LogP contribution in [0.15, 0.2) is 48.5 Å². The number of fused-ring (bicyclic) bond motifs is 3. The second-order valence-electron chi connectivity index (χ2n) is 7.62. The van der Waals surface area contributed by atoms with E-state index in [9.17, 15) is 14.7 Å². The van der Waals surface area contributed by atoms with Crippen LogP contribution in [0.2, 0.25) is 0 Å². The number of aliphatic carboxylic acids is 1. The molecule has 1 amide bonds. The standard InChI is InChI=1S/C23H25NO4/c1-2-16-13-15(22(25)26)11-12-24(16)23(27)28-14-21-19-9-5-3-7-17(19)18-8-4-6-10-20(18)21/h3-10,15-16,21H,2,11-14H2,1H3,(H,25,26)/t15-,16-/m1/s1. The van der Waals surface area contributed by atoms with Gasteiger partial charge < -0.3 is 14.7 Å². The van der Waals surface area contributed by atoms with Crippen molar-refractivity contribution in [1.29, 1.82) is 0 Å². The Bertz CT molecular complexity index is 848. The molecule has 2 aromatic rings. The molecule has 0 aromatic heterocycles. The van der Waals surface area contributed by atoms with E-state index < -0.39 is 5.97 Å². The zero-order chi connectivity index (χ0) is 19.7. The maximum absolute atomic E-state index is 12.8. The third kappa shape index (κ3) is 3.26. The number of carboxylic acid groups (broad SMARTS) is 1. The number of carboxylic acids is 1. The number of rotatable bonds is 4. The van der Waals surface area contributed by atoms with Gasteiger partial charge in [-0.1, -0.05) is 55.5 Å². The summed E-state index contributed by atoms with van der Waals surface area (Å²) in [7, 11) is 0. The van der Waals surface area contributed by atoms with Crippen LogP contribution >= 0.6 is 0 Å². The number of hydrogen-bond donors (Lipinski definition) is 1. The van der Waals surface area contributed by atoms with Crippen LogP contribution in [-0.4, -0.2) is 41.3 Å². The normalized spacial score (nSPS) is 21.1. The summed E-state index contributed by atoms with van der Waals surface area (Å²) < 4.78 is 5.75. The van der Waals surface area contributed by atoms with E-state index in [0.717, 1.165) is 6.42 Å². The maximum atomic E-state index is 12.8. The van der Waals surface area contributed by atoms with Crippen LogP contribution in [0.4, 0.5) is 4.79 Å². The fraction of sp³-hybridized carbons (Fsp3) is 0.391. The average Bonchev–Trinajstić information content (AvgIpc) is 3.05. The molecule has 1 saturated heterocycles. The van der Waals surface area contributed by atoms with Gasteiger partial charge in [-0.3, -0.25) is 4.79 Å². The number of benzene rings is 2. The lowest BCUT2D eigenvalue weighted by atomic mass is 9.90. The summed E-state index contributed by atoms with van der Waals surface area (Å²) in [5, 5.41) is 9.27. The highest BCUT2D eigenvalue weighted by Gasteiger charge is 2.35. The van der Waals surface area contributed by atoms with Crippen molar-refractivity contribution in [3.8, 4) is 11.1 Å². The highest BCUT2D eigenvalue weighted by molar-refractivity contribution is 5.79. The third-order valence-electron chi connectivity index (χ3n) is 6.11. The topological polar surface area (TPSA) is 66.8 Å². The number of hydrogen-bond acceptors (Lipinski definition) is 3. The Balaban J connectivity index is 1.47. The van der Waals surface area contributed by atoms with E-state index in [4.69, 9.17) is 4.74 Å². The largest absolute Gasteiger partial charge is 0.481 e. The van der Waals surface area contributed by atoms with Gasteiger partial charge in [0.05, 0.1) is 5.92 Å². The molecule has 0 spiro atoms. The minimum atomic E-state index is -0.773. The second-order valence-corrected chi connectivity index (χ2v) is 7.62. The number of likely N-dealkylation sites (tertiary alicyclic amines) is 1. The van der Waals surface area contributed by atoms with Gasteiger partial charge in [-0.25, -0.2) is 4.79 Å². The zero-order valence-electron chi connectivity index (χ0n) is 16.0. The Morgan fingerprint density at radius 2 is 1.68 bits per heavy atom. The fourth-order valence-electron chi connectivity index (χ4n) is 4.58. The van der Waals surface area contributed by atoms with E-state index in [1.165, 1.54) is 22.3 Å². The monoisotopic (exact) mass is 379 g/mol. The van der Waals surface area contributed by atoms with E-state index in [1.54, 1.807) is 4.90 Å². The summed E-state index contributed by atoms with van der Waals surface area (Å²) >= 11 is 0. The fourth-order valence-corrected chi connectivity index (χ4v) is 4.58. The van der Waals surface area contributed by atoms with Gasteiger partial charge in [0.1, 0.15) is 6.61 Å². The van der Waals surface area contributed by atoms with E-state index in [1.807, 2.05) is 31.2 Å². The quantitative estimate of drug-likeness (QED) is 0.849. The van der Waals surface area contributed by atoms with Crippen molar-refractivity contribution in [1.82, 2.24) is 4.90 Å². The summed E-state index contributed by atoms with van der Waals surface area (Å²) in [6.45, 7) is 2.72. The smallest absolute Gasteiger partial charge is 0.410 e. The first-order chi connectivity index (χ1) is 13.6. The Hall–Kier alpha value is -2.82. The van der Waals surface area contributed by atoms with Gasteiger partial charge in [0.2, 0.25) is 0 Å². The summed E-state index contributed by atoms with van der Waals surface area (Å²) in [6, 6.07) is 16.4. The minimum absolute atomic E-state index is 0.0352. The molecule has 2 aliphatic rings. The van der Waals surface area contributed by atoms with Crippen molar-refractivity contribution in [2.45, 2.75) is 38.1 Å². The minimum Gasteiger partial charge on any atom is -0.481 e. The molecule has 2 atom stereocenters. The Labute approximate surface area is 164 Å². The first-order valence-electron chi connectivity index (χ1n) is 9.94. The van der Waals surface area contributed by atoms with Crippen molar-refractivity contribution < 1.29 is 19.4 Å². The first kappa shape index (κ1) is 18.5. The van der Waals surface area contributed by atoms with E-state index in [2.05, 4.69) is 24.3 Å². The van der Waals surface area contributed by atoms with Crippen LogP contribution in [0.5, 0.6) is 0 Å². The van der Waals surface area contributed by atoms with Crippen LogP contribution in [0.25, 0.3) is 11.1 Å². The predicted molar refractivity (Wildman–Crippen MR) is 106 cm³/mol. The first-order valence-corrected chi connectivity index (χ1v) is 9.94. The van der Waals surface area contributed by atoms with Crippen LogP contribution < -0.4 is 0 Å². The molecule has 5 heteroatoms. The van der Waals surface area contributed by atoms with Crippen LogP contribution in [0, 0.1) is 5.92 Å². The molecular formula is C23H25NO4. The molecule has 1 aliphatic carbocycles. The average molecular weight is 379 g/mol. The van der Waals surface area contributed by atoms with Crippen molar-refractivity contribution >= 4 is 12.1 Å². The highest BCUT2D eigenvalue weighted by atomic mass is 16.6. The lowest BCUT2D eigenvalue weighted by Crippen LogP contribution is -2.47. The lowest BCUT2D eigenvalue weighted by Gasteiger charge is -2.37. The van der Waals surface area contributed by atoms with Gasteiger partial charge >= 0.3 is 12.1 Å². The second kappa shape index (κ2) is 7.66. The molecule has 28 heavy (non-hydrogen) atoms. The van der Waals surface area contributed by atoms with Crippen molar-refractivity contribution in [2.75, 3.05) is 13.2 Å². The number of amides is 1. The van der Waals surface area contributed by atoms with Gasteiger partial charge in [0, 0.05) is 18.5 Å². The van der Waals surface area contributed by atoms with E-state index in [-0.39, 0.29) is 24.0 Å².